The van der Waals surface area contributed by atoms with Crippen LogP contribution in [0.2, 0.25) is 0 Å². The predicted octanol–water partition coefficient (Wildman–Crippen LogP) is 1.81. The summed E-state index contributed by atoms with van der Waals surface area (Å²) in [7, 11) is -3.25. The Morgan fingerprint density at radius 3 is 2.90 bits per heavy atom. The lowest BCUT2D eigenvalue weighted by molar-refractivity contribution is -0.116. The second-order valence-electron chi connectivity index (χ2n) is 5.60. The van der Waals surface area contributed by atoms with Gasteiger partial charge in [-0.3, -0.25) is 4.79 Å². The molecule has 2 N–H and O–H groups in total. The number of hydrogen-bond donors (Lipinski definition) is 2. The summed E-state index contributed by atoms with van der Waals surface area (Å²) in [5.74, 6) is 0.498. The quantitative estimate of drug-likeness (QED) is 0.870. The van der Waals surface area contributed by atoms with Crippen molar-refractivity contribution in [2.24, 2.45) is 5.92 Å². The molecule has 116 valence electrons. The van der Waals surface area contributed by atoms with Crippen molar-refractivity contribution in [3.05, 3.63) is 24.3 Å². The summed E-state index contributed by atoms with van der Waals surface area (Å²) in [6.07, 6.45) is 4.83. The Balaban J connectivity index is 1.87. The molecule has 1 aliphatic heterocycles. The fourth-order valence-corrected chi connectivity index (χ4v) is 3.20. The first-order valence-corrected chi connectivity index (χ1v) is 9.15. The maximum absolute atomic E-state index is 11.9. The third-order valence-electron chi connectivity index (χ3n) is 3.72. The lowest BCUT2D eigenvalue weighted by Gasteiger charge is -2.22. The minimum Gasteiger partial charge on any atom is -0.326 e. The van der Waals surface area contributed by atoms with E-state index in [0.717, 1.165) is 25.8 Å². The molecule has 1 aromatic rings. The molecule has 1 saturated heterocycles. The molecule has 0 saturated carbocycles. The predicted molar refractivity (Wildman–Crippen MR) is 83.0 cm³/mol. The van der Waals surface area contributed by atoms with Crippen molar-refractivity contribution >= 4 is 21.4 Å². The van der Waals surface area contributed by atoms with Crippen molar-refractivity contribution in [3.8, 4) is 0 Å². The maximum atomic E-state index is 11.9. The SMILES string of the molecule is CS(=O)(=O)c1cccc(NC(=O)CCC2CCCNC2)c1. The van der Waals surface area contributed by atoms with Crippen LogP contribution in [0.4, 0.5) is 5.69 Å². The van der Waals surface area contributed by atoms with Gasteiger partial charge in [0.2, 0.25) is 5.91 Å². The lowest BCUT2D eigenvalue weighted by atomic mass is 9.94. The van der Waals surface area contributed by atoms with E-state index in [2.05, 4.69) is 10.6 Å². The van der Waals surface area contributed by atoms with E-state index in [0.29, 0.717) is 18.0 Å². The van der Waals surface area contributed by atoms with E-state index >= 15 is 0 Å². The highest BCUT2D eigenvalue weighted by Crippen LogP contribution is 2.18. The molecule has 1 amide bonds. The molecule has 1 unspecified atom stereocenters. The van der Waals surface area contributed by atoms with Crippen LogP contribution in [0.1, 0.15) is 25.7 Å². The van der Waals surface area contributed by atoms with Crippen LogP contribution in [0.15, 0.2) is 29.2 Å². The molecule has 6 heteroatoms. The fraction of sp³-hybridized carbons (Fsp3) is 0.533. The van der Waals surface area contributed by atoms with Crippen LogP contribution in [0.5, 0.6) is 0 Å². The zero-order valence-corrected chi connectivity index (χ0v) is 13.1. The van der Waals surface area contributed by atoms with Crippen LogP contribution in [0.3, 0.4) is 0 Å². The largest absolute Gasteiger partial charge is 0.326 e. The number of carbonyl (C=O) groups excluding carboxylic acids is 1. The van der Waals surface area contributed by atoms with Crippen LogP contribution in [0.25, 0.3) is 0 Å². The normalized spacial score (nSPS) is 19.2. The number of benzene rings is 1. The average Bonchev–Trinajstić information content (AvgIpc) is 2.46. The molecule has 1 atom stereocenters. The molecule has 0 aromatic heterocycles. The molecule has 5 nitrogen and oxygen atoms in total. The van der Waals surface area contributed by atoms with E-state index in [1.165, 1.54) is 25.0 Å². The second kappa shape index (κ2) is 7.04. The molecule has 21 heavy (non-hydrogen) atoms. The molecule has 1 aliphatic rings. The number of amides is 1. The Kier molecular flexibility index (Phi) is 5.36. The van der Waals surface area contributed by atoms with Crippen LogP contribution in [0, 0.1) is 5.92 Å². The van der Waals surface area contributed by atoms with Crippen LogP contribution < -0.4 is 10.6 Å². The smallest absolute Gasteiger partial charge is 0.224 e. The Labute approximate surface area is 126 Å². The van der Waals surface area contributed by atoms with Crippen molar-refractivity contribution in [2.75, 3.05) is 24.7 Å². The van der Waals surface area contributed by atoms with Gasteiger partial charge in [0.15, 0.2) is 9.84 Å². The van der Waals surface area contributed by atoms with Crippen molar-refractivity contribution in [2.45, 2.75) is 30.6 Å². The summed E-state index contributed by atoms with van der Waals surface area (Å²) in [6.45, 7) is 2.05. The number of sulfone groups is 1. The standard InChI is InChI=1S/C15H22N2O3S/c1-21(19,20)14-6-2-5-13(10-14)17-15(18)8-7-12-4-3-9-16-11-12/h2,5-6,10,12,16H,3-4,7-9,11H2,1H3,(H,17,18). The van der Waals surface area contributed by atoms with Gasteiger partial charge in [-0.05, 0) is 56.5 Å². The van der Waals surface area contributed by atoms with Gasteiger partial charge in [0.05, 0.1) is 4.90 Å². The summed E-state index contributed by atoms with van der Waals surface area (Å²) >= 11 is 0. The second-order valence-corrected chi connectivity index (χ2v) is 7.61. The van der Waals surface area contributed by atoms with E-state index in [4.69, 9.17) is 0 Å². The summed E-state index contributed by atoms with van der Waals surface area (Å²) in [6, 6.07) is 6.36. The van der Waals surface area contributed by atoms with Crippen molar-refractivity contribution < 1.29 is 13.2 Å². The number of anilines is 1. The van der Waals surface area contributed by atoms with E-state index < -0.39 is 9.84 Å². The molecule has 0 aliphatic carbocycles. The van der Waals surface area contributed by atoms with E-state index in [1.54, 1.807) is 12.1 Å². The fourth-order valence-electron chi connectivity index (χ4n) is 2.53. The minimum atomic E-state index is -3.25. The van der Waals surface area contributed by atoms with Gasteiger partial charge >= 0.3 is 0 Å². The summed E-state index contributed by atoms with van der Waals surface area (Å²) in [5.41, 5.74) is 0.532. The van der Waals surface area contributed by atoms with E-state index in [1.807, 2.05) is 0 Å². The van der Waals surface area contributed by atoms with E-state index in [9.17, 15) is 13.2 Å². The lowest BCUT2D eigenvalue weighted by Crippen LogP contribution is -2.30. The third-order valence-corrected chi connectivity index (χ3v) is 4.83. The van der Waals surface area contributed by atoms with Crippen LogP contribution >= 0.6 is 0 Å². The highest BCUT2D eigenvalue weighted by molar-refractivity contribution is 7.90. The van der Waals surface area contributed by atoms with Gasteiger partial charge < -0.3 is 10.6 Å². The number of carbonyl (C=O) groups is 1. The molecular formula is C15H22N2O3S. The molecule has 1 heterocycles. The number of hydrogen-bond acceptors (Lipinski definition) is 4. The number of rotatable bonds is 5. The van der Waals surface area contributed by atoms with Gasteiger partial charge in [0.25, 0.3) is 0 Å². The first-order valence-electron chi connectivity index (χ1n) is 7.26. The topological polar surface area (TPSA) is 75.3 Å². The van der Waals surface area contributed by atoms with Gasteiger partial charge in [0.1, 0.15) is 0 Å². The van der Waals surface area contributed by atoms with Crippen LogP contribution in [-0.2, 0) is 14.6 Å². The Morgan fingerprint density at radius 2 is 2.24 bits per heavy atom. The molecule has 0 radical (unpaired) electrons. The Bertz CT molecular complexity index is 593. The molecule has 2 rings (SSSR count). The average molecular weight is 310 g/mol. The van der Waals surface area contributed by atoms with Gasteiger partial charge in [-0.25, -0.2) is 8.42 Å². The molecule has 0 spiro atoms. The Hall–Kier alpha value is -1.40. The summed E-state index contributed by atoms with van der Waals surface area (Å²) in [4.78, 5) is 12.2. The van der Waals surface area contributed by atoms with Gasteiger partial charge in [-0.1, -0.05) is 6.07 Å². The molecular weight excluding hydrogens is 288 g/mol. The maximum Gasteiger partial charge on any atom is 0.224 e. The van der Waals surface area contributed by atoms with Crippen molar-refractivity contribution in [1.82, 2.24) is 5.32 Å². The highest BCUT2D eigenvalue weighted by Gasteiger charge is 2.15. The molecule has 0 bridgehead atoms. The Morgan fingerprint density at radius 1 is 1.43 bits per heavy atom. The van der Waals surface area contributed by atoms with Crippen LogP contribution in [-0.4, -0.2) is 33.7 Å². The van der Waals surface area contributed by atoms with Gasteiger partial charge in [-0.2, -0.15) is 0 Å². The zero-order chi connectivity index (χ0) is 15.3. The van der Waals surface area contributed by atoms with Crippen molar-refractivity contribution in [3.63, 3.8) is 0 Å². The summed E-state index contributed by atoms with van der Waals surface area (Å²) in [5, 5.41) is 6.10. The summed E-state index contributed by atoms with van der Waals surface area (Å²) < 4.78 is 23.0. The highest BCUT2D eigenvalue weighted by atomic mass is 32.2. The van der Waals surface area contributed by atoms with Crippen molar-refractivity contribution in [1.29, 1.82) is 0 Å². The van der Waals surface area contributed by atoms with Gasteiger partial charge in [0, 0.05) is 18.4 Å². The van der Waals surface area contributed by atoms with E-state index in [-0.39, 0.29) is 10.8 Å². The first-order chi connectivity index (χ1) is 9.95. The number of nitrogens with one attached hydrogen (secondary N) is 2. The first kappa shape index (κ1) is 16.0. The monoisotopic (exact) mass is 310 g/mol. The zero-order valence-electron chi connectivity index (χ0n) is 12.3. The minimum absolute atomic E-state index is 0.0637. The third kappa shape index (κ3) is 5.13. The number of piperidine rings is 1. The molecule has 1 aromatic carbocycles. The van der Waals surface area contributed by atoms with Gasteiger partial charge in [-0.15, -0.1) is 0 Å². The molecule has 1 fully saturated rings.